The highest BCUT2D eigenvalue weighted by Crippen LogP contribution is 2.32. The zero-order valence-electron chi connectivity index (χ0n) is 27.0. The molecule has 0 heterocycles. The molecule has 0 aliphatic heterocycles. The van der Waals surface area contributed by atoms with E-state index in [1.165, 1.54) is 38.8 Å². The second kappa shape index (κ2) is 22.6. The molecule has 48 heavy (non-hydrogen) atoms. The maximum atomic E-state index is 10.5. The first kappa shape index (κ1) is 42.1. The molecule has 0 unspecified atom stereocenters. The predicted molar refractivity (Wildman–Crippen MR) is 179 cm³/mol. The number of ether oxygens (including phenoxy) is 4. The molecule has 262 valence electrons. The molecule has 0 aliphatic rings. The number of methoxy groups -OCH3 is 4. The quantitative estimate of drug-likeness (QED) is 0.0674. The van der Waals surface area contributed by atoms with E-state index in [0.717, 1.165) is 18.1 Å². The van der Waals surface area contributed by atoms with Crippen LogP contribution in [0.25, 0.3) is 0 Å². The van der Waals surface area contributed by atoms with Crippen molar-refractivity contribution in [2.75, 3.05) is 28.4 Å². The molecule has 0 amide bonds. The second-order valence-electron chi connectivity index (χ2n) is 8.64. The van der Waals surface area contributed by atoms with Crippen LogP contribution in [0.4, 0.5) is 0 Å². The Morgan fingerprint density at radius 1 is 0.854 bits per heavy atom. The average molecular weight is 693 g/mol. The standard InChI is InChI=1S/C11H16N4O3.C9H12N4O2.C7H8O3S.C2H4O2/c1-16-7-4-9(17-2)8(10(5-7)18-3)6-14-15-11(12)13;1-15-8-5-3-2-4-7(8)6-11-12-9(10)13-14;1-6-2-4-7(5-3-6)11(8,9)10;1-2(3)4/h4-6H,1-3H3,(H4,12,13,15);2-6,14H,1H3,(H3,10,12,13);2-5H,1H3,(H,8,9,10);1H3,(H,3,4)/b14-6+;11-6+;;. The molecular weight excluding hydrogens is 652 g/mol. The Kier molecular flexibility index (Phi) is 19.8. The van der Waals surface area contributed by atoms with Crippen molar-refractivity contribution in [3.63, 3.8) is 0 Å². The Morgan fingerprint density at radius 3 is 1.79 bits per heavy atom. The van der Waals surface area contributed by atoms with Gasteiger partial charge in [0.25, 0.3) is 16.1 Å². The number of guanidine groups is 2. The molecule has 0 bridgehead atoms. The smallest absolute Gasteiger partial charge is 0.300 e. The summed E-state index contributed by atoms with van der Waals surface area (Å²) >= 11 is 0. The number of nitrogens with zero attached hydrogens (tertiary/aromatic N) is 2. The molecule has 10 N–H and O–H groups in total. The molecule has 0 saturated carbocycles. The number of hydroxylamine groups is 1. The summed E-state index contributed by atoms with van der Waals surface area (Å²) in [6.07, 6.45) is 2.95. The lowest BCUT2D eigenvalue weighted by Gasteiger charge is -2.12. The van der Waals surface area contributed by atoms with Crippen molar-refractivity contribution in [1.29, 1.82) is 10.8 Å². The molecule has 3 aromatic carbocycles. The minimum Gasteiger partial charge on any atom is -0.496 e. The first-order chi connectivity index (χ1) is 22.6. The van der Waals surface area contributed by atoms with Crippen LogP contribution in [-0.4, -0.2) is 82.0 Å². The number of aryl methyl sites for hydroxylation is 1. The fourth-order valence-corrected chi connectivity index (χ4v) is 3.48. The molecule has 3 aromatic rings. The Morgan fingerprint density at radius 2 is 1.35 bits per heavy atom. The molecule has 19 heteroatoms. The monoisotopic (exact) mass is 692 g/mol. The van der Waals surface area contributed by atoms with E-state index in [0.29, 0.717) is 28.6 Å². The summed E-state index contributed by atoms with van der Waals surface area (Å²) in [5.41, 5.74) is 13.7. The van der Waals surface area contributed by atoms with Crippen LogP contribution in [0.5, 0.6) is 23.0 Å². The second-order valence-corrected chi connectivity index (χ2v) is 10.1. The predicted octanol–water partition coefficient (Wildman–Crippen LogP) is 2.39. The molecule has 0 fully saturated rings. The number of hydrazone groups is 2. The Bertz CT molecular complexity index is 1600. The van der Waals surface area contributed by atoms with Gasteiger partial charge in [0.2, 0.25) is 11.9 Å². The summed E-state index contributed by atoms with van der Waals surface area (Å²) in [4.78, 5) is 8.93. The van der Waals surface area contributed by atoms with Crippen molar-refractivity contribution in [3.05, 3.63) is 77.4 Å². The third-order valence-corrected chi connectivity index (χ3v) is 5.95. The van der Waals surface area contributed by atoms with Gasteiger partial charge in [-0.2, -0.15) is 18.6 Å². The van der Waals surface area contributed by atoms with E-state index in [1.54, 1.807) is 50.0 Å². The summed E-state index contributed by atoms with van der Waals surface area (Å²) in [6, 6.07) is 16.7. The van der Waals surface area contributed by atoms with Gasteiger partial charge in [-0.25, -0.2) is 16.3 Å². The van der Waals surface area contributed by atoms with Crippen LogP contribution in [0.15, 0.2) is 75.8 Å². The number of nitrogens with one attached hydrogen (secondary N) is 5. The van der Waals surface area contributed by atoms with Crippen molar-refractivity contribution >= 4 is 40.4 Å². The molecule has 0 saturated heterocycles. The van der Waals surface area contributed by atoms with Crippen molar-refractivity contribution in [2.24, 2.45) is 15.9 Å². The maximum absolute atomic E-state index is 10.5. The van der Waals surface area contributed by atoms with E-state index < -0.39 is 16.1 Å². The average Bonchev–Trinajstić information content (AvgIpc) is 3.04. The molecule has 3 rings (SSSR count). The fraction of sp³-hybridized carbons (Fsp3) is 0.207. The highest BCUT2D eigenvalue weighted by atomic mass is 32.2. The highest BCUT2D eigenvalue weighted by molar-refractivity contribution is 7.85. The van der Waals surface area contributed by atoms with Gasteiger partial charge in [0, 0.05) is 24.6 Å². The summed E-state index contributed by atoms with van der Waals surface area (Å²) in [7, 11) is 2.17. The van der Waals surface area contributed by atoms with Gasteiger partial charge in [0.1, 0.15) is 23.0 Å². The van der Waals surface area contributed by atoms with Gasteiger partial charge >= 0.3 is 0 Å². The first-order valence-corrected chi connectivity index (χ1v) is 14.6. The van der Waals surface area contributed by atoms with Crippen molar-refractivity contribution in [3.8, 4) is 23.0 Å². The Hall–Kier alpha value is -5.92. The van der Waals surface area contributed by atoms with Crippen LogP contribution in [-0.2, 0) is 14.9 Å². The zero-order chi connectivity index (χ0) is 36.7. The van der Waals surface area contributed by atoms with Crippen molar-refractivity contribution in [1.82, 2.24) is 16.3 Å². The van der Waals surface area contributed by atoms with E-state index in [4.69, 9.17) is 55.2 Å². The summed E-state index contributed by atoms with van der Waals surface area (Å²) in [5, 5.41) is 37.2. The fourth-order valence-electron chi connectivity index (χ4n) is 3.00. The van der Waals surface area contributed by atoms with E-state index in [-0.39, 0.29) is 16.8 Å². The summed E-state index contributed by atoms with van der Waals surface area (Å²) in [5.74, 6) is 0.992. The molecular formula is C29H40N8O10S. The molecule has 0 spiro atoms. The van der Waals surface area contributed by atoms with Gasteiger partial charge in [-0.15, -0.1) is 0 Å². The zero-order valence-corrected chi connectivity index (χ0v) is 27.8. The van der Waals surface area contributed by atoms with E-state index in [9.17, 15) is 8.42 Å². The number of rotatable bonds is 9. The number of hydrogen-bond donors (Lipinski definition) is 9. The lowest BCUT2D eigenvalue weighted by atomic mass is 10.2. The van der Waals surface area contributed by atoms with E-state index in [1.807, 2.05) is 25.1 Å². The van der Waals surface area contributed by atoms with Gasteiger partial charge in [0.05, 0.1) is 51.3 Å². The lowest BCUT2D eigenvalue weighted by Crippen LogP contribution is -2.30. The van der Waals surface area contributed by atoms with Crippen molar-refractivity contribution in [2.45, 2.75) is 18.7 Å². The Labute approximate surface area is 277 Å². The molecule has 0 atom stereocenters. The Balaban J connectivity index is 0.000000667. The number of hydrogen-bond acceptors (Lipinski definition) is 12. The number of aliphatic carboxylic acids is 1. The largest absolute Gasteiger partial charge is 0.496 e. The number of para-hydroxylation sites is 1. The third-order valence-electron chi connectivity index (χ3n) is 5.08. The number of carbonyl (C=O) groups is 1. The number of carboxylic acid groups (broad SMARTS) is 1. The molecule has 18 nitrogen and oxygen atoms in total. The summed E-state index contributed by atoms with van der Waals surface area (Å²) in [6.45, 7) is 2.92. The topological polar surface area (TPSA) is 283 Å². The van der Waals surface area contributed by atoms with Crippen LogP contribution in [0, 0.1) is 17.7 Å². The summed E-state index contributed by atoms with van der Waals surface area (Å²) < 4.78 is 50.2. The molecule has 0 radical (unpaired) electrons. The normalized spacial score (nSPS) is 10.1. The van der Waals surface area contributed by atoms with E-state index in [2.05, 4.69) is 21.1 Å². The van der Waals surface area contributed by atoms with Crippen LogP contribution in [0.1, 0.15) is 23.6 Å². The van der Waals surface area contributed by atoms with Crippen LogP contribution < -0.4 is 41.0 Å². The number of nitrogens with two attached hydrogens (primary N) is 1. The van der Waals surface area contributed by atoms with Gasteiger partial charge in [0.15, 0.2) is 0 Å². The van der Waals surface area contributed by atoms with Crippen LogP contribution in [0.3, 0.4) is 0 Å². The SMILES string of the molecule is CC(=O)O.COc1cc(OC)c(/C=N/NC(=N)N)c(OC)c1.COc1ccccc1/C=N/NC(=N)NO.Cc1ccc(S(=O)(=O)O)cc1. The van der Waals surface area contributed by atoms with Crippen molar-refractivity contribution < 1.29 is 47.0 Å². The highest BCUT2D eigenvalue weighted by Gasteiger charge is 2.11. The van der Waals surface area contributed by atoms with Gasteiger partial charge in [-0.05, 0) is 31.2 Å². The minimum absolute atomic E-state index is 0.0666. The van der Waals surface area contributed by atoms with Gasteiger partial charge in [-0.1, -0.05) is 29.8 Å². The third kappa shape index (κ3) is 17.5. The van der Waals surface area contributed by atoms with E-state index >= 15 is 0 Å². The number of benzene rings is 3. The maximum Gasteiger partial charge on any atom is 0.300 e. The number of carboxylic acids is 1. The van der Waals surface area contributed by atoms with Crippen LogP contribution >= 0.6 is 0 Å². The molecule has 0 aliphatic carbocycles. The van der Waals surface area contributed by atoms with Gasteiger partial charge < -0.3 is 29.8 Å². The van der Waals surface area contributed by atoms with Crippen LogP contribution in [0.2, 0.25) is 0 Å². The molecule has 0 aromatic heterocycles. The first-order valence-electron chi connectivity index (χ1n) is 13.2. The van der Waals surface area contributed by atoms with Gasteiger partial charge in [-0.3, -0.25) is 25.4 Å². The minimum atomic E-state index is -4.02. The lowest BCUT2D eigenvalue weighted by molar-refractivity contribution is -0.134.